The van der Waals surface area contributed by atoms with Gasteiger partial charge < -0.3 is 14.2 Å². The number of nitrogens with zero attached hydrogens (tertiary/aromatic N) is 2. The van der Waals surface area contributed by atoms with Gasteiger partial charge in [0.15, 0.2) is 6.10 Å². The van der Waals surface area contributed by atoms with E-state index in [0.717, 1.165) is 64.2 Å². The quantitative estimate of drug-likeness (QED) is 0.0217. The molecule has 0 aliphatic heterocycles. The Labute approximate surface area is 332 Å². The average Bonchev–Trinajstić information content (AvgIpc) is 3.16. The van der Waals surface area contributed by atoms with E-state index in [1.807, 2.05) is 0 Å². The molecule has 0 heterocycles. The number of unbranched alkanes of at least 4 members (excludes halogenated alkanes) is 20. The van der Waals surface area contributed by atoms with E-state index in [1.165, 1.54) is 89.9 Å². The first kappa shape index (κ1) is 51.8. The molecule has 2 atom stereocenters. The van der Waals surface area contributed by atoms with E-state index in [-0.39, 0.29) is 38.3 Å². The Kier molecular flexibility index (Phi) is 37.4. The number of esters is 2. The van der Waals surface area contributed by atoms with Crippen LogP contribution in [-0.2, 0) is 28.6 Å². The number of carbonyl (C=O) groups excluding carboxylic acids is 3. The van der Waals surface area contributed by atoms with Crippen LogP contribution in [0.3, 0.4) is 0 Å². The third-order valence-corrected chi connectivity index (χ3v) is 9.85. The number of carbonyl (C=O) groups is 3. The van der Waals surface area contributed by atoms with Crippen molar-refractivity contribution in [2.45, 2.75) is 206 Å². The molecule has 316 valence electrons. The highest BCUT2D eigenvalue weighted by Gasteiger charge is 2.25. The molecule has 0 aliphatic rings. The number of ether oxygens (including phenoxy) is 3. The molecule has 54 heavy (non-hydrogen) atoms. The minimum absolute atomic E-state index is 0.0558. The summed E-state index contributed by atoms with van der Waals surface area (Å²) >= 11 is 0. The normalized spacial score (nSPS) is 12.9. The minimum atomic E-state index is -0.716. The molecule has 0 rings (SSSR count). The number of allylic oxidation sites excluding steroid dienone is 4. The molecule has 1 N–H and O–H groups in total. The van der Waals surface area contributed by atoms with Gasteiger partial charge in [-0.25, -0.2) is 5.06 Å². The molecule has 0 bridgehead atoms. The van der Waals surface area contributed by atoms with Crippen molar-refractivity contribution >= 4 is 17.8 Å². The molecular weight excluding hydrogens is 681 g/mol. The predicted octanol–water partition coefficient (Wildman–Crippen LogP) is 11.3. The number of rotatable bonds is 39. The summed E-state index contributed by atoms with van der Waals surface area (Å²) in [5, 5.41) is 10.6. The highest BCUT2D eigenvalue weighted by molar-refractivity contribution is 5.80. The van der Waals surface area contributed by atoms with Gasteiger partial charge in [0.25, 0.3) is 5.91 Å². The van der Waals surface area contributed by atoms with Gasteiger partial charge in [0.2, 0.25) is 0 Å². The van der Waals surface area contributed by atoms with Crippen LogP contribution in [0.5, 0.6) is 0 Å². The second-order valence-electron chi connectivity index (χ2n) is 15.2. The van der Waals surface area contributed by atoms with E-state index in [2.05, 4.69) is 38.2 Å². The van der Waals surface area contributed by atoms with Crippen molar-refractivity contribution in [3.8, 4) is 0 Å². The van der Waals surface area contributed by atoms with E-state index in [1.54, 1.807) is 25.9 Å². The lowest BCUT2D eigenvalue weighted by molar-refractivity contribution is -0.170. The minimum Gasteiger partial charge on any atom is -0.462 e. The number of hydrogen-bond donors (Lipinski definition) is 1. The number of amides is 1. The molecule has 0 aromatic heterocycles. The lowest BCUT2D eigenvalue weighted by atomic mass is 10.0. The van der Waals surface area contributed by atoms with E-state index >= 15 is 0 Å². The molecule has 0 aliphatic carbocycles. The smallest absolute Gasteiger partial charge is 0.306 e. The van der Waals surface area contributed by atoms with Crippen LogP contribution in [0, 0.1) is 0 Å². The van der Waals surface area contributed by atoms with Crippen molar-refractivity contribution in [1.29, 1.82) is 0 Å². The molecule has 0 radical (unpaired) electrons. The van der Waals surface area contributed by atoms with Crippen molar-refractivity contribution in [2.75, 3.05) is 40.5 Å². The summed E-state index contributed by atoms with van der Waals surface area (Å²) in [6, 6.07) is -0.548. The first-order valence-corrected chi connectivity index (χ1v) is 22.2. The molecule has 2 unspecified atom stereocenters. The van der Waals surface area contributed by atoms with Crippen LogP contribution in [0.25, 0.3) is 0 Å². The van der Waals surface area contributed by atoms with Crippen LogP contribution in [0.1, 0.15) is 194 Å². The van der Waals surface area contributed by atoms with Crippen LogP contribution in [-0.4, -0.2) is 85.6 Å². The Morgan fingerprint density at radius 3 is 1.57 bits per heavy atom. The summed E-state index contributed by atoms with van der Waals surface area (Å²) in [4.78, 5) is 39.6. The van der Waals surface area contributed by atoms with Gasteiger partial charge in [0.05, 0.1) is 12.6 Å². The van der Waals surface area contributed by atoms with Gasteiger partial charge in [-0.15, -0.1) is 0 Å². The molecule has 0 fully saturated rings. The zero-order chi connectivity index (χ0) is 39.9. The Morgan fingerprint density at radius 2 is 1.06 bits per heavy atom. The van der Waals surface area contributed by atoms with Gasteiger partial charge >= 0.3 is 11.9 Å². The van der Waals surface area contributed by atoms with E-state index < -0.39 is 18.1 Å². The van der Waals surface area contributed by atoms with Crippen molar-refractivity contribution in [2.24, 2.45) is 0 Å². The molecule has 9 heteroatoms. The summed E-state index contributed by atoms with van der Waals surface area (Å²) in [7, 11) is 3.56. The van der Waals surface area contributed by atoms with Gasteiger partial charge in [-0.3, -0.25) is 24.5 Å². The Hall–Kier alpha value is -2.23. The third kappa shape index (κ3) is 33.1. The standard InChI is InChI=1S/C45H84N2O7/c1-6-9-11-13-15-17-19-21-22-24-25-27-29-31-33-35-43(48)53-40-41(39-52-38-37-42(46(4)5)45(50)47(51)8-3)54-44(49)36-34-32-30-28-26-23-20-18-16-14-12-10-7-2/h15,17,21-22,41-42,51H,6-14,16,18-20,23-40H2,1-5H3. The van der Waals surface area contributed by atoms with Crippen molar-refractivity contribution < 1.29 is 33.8 Å². The zero-order valence-corrected chi connectivity index (χ0v) is 35.7. The van der Waals surface area contributed by atoms with Gasteiger partial charge in [0, 0.05) is 26.0 Å². The fourth-order valence-electron chi connectivity index (χ4n) is 6.33. The summed E-state index contributed by atoms with van der Waals surface area (Å²) in [6.07, 6.45) is 37.8. The maximum Gasteiger partial charge on any atom is 0.306 e. The molecule has 0 aromatic rings. The average molecular weight is 765 g/mol. The van der Waals surface area contributed by atoms with Crippen LogP contribution in [0.15, 0.2) is 24.3 Å². The molecule has 0 saturated carbocycles. The number of hydrogen-bond acceptors (Lipinski definition) is 8. The van der Waals surface area contributed by atoms with Gasteiger partial charge in [-0.1, -0.05) is 147 Å². The largest absolute Gasteiger partial charge is 0.462 e. The predicted molar refractivity (Wildman–Crippen MR) is 223 cm³/mol. The van der Waals surface area contributed by atoms with Gasteiger partial charge in [-0.05, 0) is 72.4 Å². The van der Waals surface area contributed by atoms with Crippen LogP contribution in [0.2, 0.25) is 0 Å². The van der Waals surface area contributed by atoms with Crippen molar-refractivity contribution in [3.63, 3.8) is 0 Å². The lowest BCUT2D eigenvalue weighted by Crippen LogP contribution is -2.45. The second-order valence-corrected chi connectivity index (χ2v) is 15.2. The molecule has 0 aromatic carbocycles. The monoisotopic (exact) mass is 765 g/mol. The Bertz CT molecular complexity index is 939. The van der Waals surface area contributed by atoms with Gasteiger partial charge in [-0.2, -0.15) is 0 Å². The SMILES string of the molecule is CCCCCC=CCC=CCCCCCCCC(=O)OCC(COCCC(C(=O)N(O)CC)N(C)C)OC(=O)CCCCCCCCCCCCCCC. The molecule has 0 spiro atoms. The zero-order valence-electron chi connectivity index (χ0n) is 35.7. The Balaban J connectivity index is 4.49. The topological polar surface area (TPSA) is 106 Å². The van der Waals surface area contributed by atoms with E-state index in [0.29, 0.717) is 24.3 Å². The summed E-state index contributed by atoms with van der Waals surface area (Å²) in [5.41, 5.74) is 0. The highest BCUT2D eigenvalue weighted by atomic mass is 16.6. The summed E-state index contributed by atoms with van der Waals surface area (Å²) in [6.45, 7) is 6.61. The van der Waals surface area contributed by atoms with E-state index in [4.69, 9.17) is 14.2 Å². The van der Waals surface area contributed by atoms with E-state index in [9.17, 15) is 19.6 Å². The molecule has 9 nitrogen and oxygen atoms in total. The van der Waals surface area contributed by atoms with Gasteiger partial charge in [0.1, 0.15) is 6.61 Å². The number of likely N-dealkylation sites (N-methyl/N-ethyl adjacent to an activating group) is 2. The third-order valence-electron chi connectivity index (χ3n) is 9.85. The van der Waals surface area contributed by atoms with Crippen LogP contribution in [0.4, 0.5) is 0 Å². The first-order valence-electron chi connectivity index (χ1n) is 22.2. The molecule has 0 saturated heterocycles. The lowest BCUT2D eigenvalue weighted by Gasteiger charge is -2.26. The molecule has 1 amide bonds. The number of hydroxylamine groups is 2. The highest BCUT2D eigenvalue weighted by Crippen LogP contribution is 2.14. The fourth-order valence-corrected chi connectivity index (χ4v) is 6.33. The maximum absolute atomic E-state index is 12.7. The van der Waals surface area contributed by atoms with Crippen molar-refractivity contribution in [3.05, 3.63) is 24.3 Å². The first-order chi connectivity index (χ1) is 26.3. The molecular formula is C45H84N2O7. The fraction of sp³-hybridized carbons (Fsp3) is 0.844. The van der Waals surface area contributed by atoms with Crippen LogP contribution >= 0.6 is 0 Å². The van der Waals surface area contributed by atoms with Crippen molar-refractivity contribution in [1.82, 2.24) is 9.96 Å². The second kappa shape index (κ2) is 39.0. The van der Waals surface area contributed by atoms with Crippen LogP contribution < -0.4 is 0 Å². The maximum atomic E-state index is 12.7. The Morgan fingerprint density at radius 1 is 0.593 bits per heavy atom. The summed E-state index contributed by atoms with van der Waals surface area (Å²) in [5.74, 6) is -0.995. The summed E-state index contributed by atoms with van der Waals surface area (Å²) < 4.78 is 17.1.